The SMILES string of the molecule is CC(C)CN(CC(=O)Nc1nc(CC(=O)O)cs1)C(=O)c1ccco1. The number of nitrogens with zero attached hydrogens (tertiary/aromatic N) is 2. The fourth-order valence-corrected chi connectivity index (χ4v) is 2.88. The van der Waals surface area contributed by atoms with Gasteiger partial charge in [-0.3, -0.25) is 14.4 Å². The van der Waals surface area contributed by atoms with Gasteiger partial charge in [0.2, 0.25) is 5.91 Å². The number of carboxylic acid groups (broad SMARTS) is 1. The second-order valence-electron chi connectivity index (χ2n) is 5.82. The number of carboxylic acids is 1. The molecule has 0 saturated carbocycles. The first-order valence-electron chi connectivity index (χ1n) is 7.64. The molecule has 0 atom stereocenters. The molecule has 0 radical (unpaired) electrons. The van der Waals surface area contributed by atoms with Crippen LogP contribution in [0.3, 0.4) is 0 Å². The van der Waals surface area contributed by atoms with Crippen molar-refractivity contribution in [2.45, 2.75) is 20.3 Å². The van der Waals surface area contributed by atoms with Gasteiger partial charge >= 0.3 is 5.97 Å². The molecule has 2 amide bonds. The van der Waals surface area contributed by atoms with E-state index in [0.29, 0.717) is 17.4 Å². The van der Waals surface area contributed by atoms with Gasteiger partial charge in [0.1, 0.15) is 6.54 Å². The van der Waals surface area contributed by atoms with Crippen LogP contribution in [0, 0.1) is 5.92 Å². The van der Waals surface area contributed by atoms with E-state index in [9.17, 15) is 14.4 Å². The molecule has 2 heterocycles. The Bertz CT molecular complexity index is 739. The standard InChI is InChI=1S/C16H19N3O5S/c1-10(2)7-19(15(23)12-4-3-5-24-12)8-13(20)18-16-17-11(9-25-16)6-14(21)22/h3-5,9-10H,6-8H2,1-2H3,(H,21,22)(H,17,18,20). The third-order valence-electron chi connectivity index (χ3n) is 3.07. The molecule has 0 bridgehead atoms. The molecule has 8 nitrogen and oxygen atoms in total. The molecule has 25 heavy (non-hydrogen) atoms. The first kappa shape index (κ1) is 18.7. The van der Waals surface area contributed by atoms with Gasteiger partial charge in [0.05, 0.1) is 18.4 Å². The van der Waals surface area contributed by atoms with Gasteiger partial charge in [-0.05, 0) is 18.1 Å². The second-order valence-corrected chi connectivity index (χ2v) is 6.68. The number of hydrogen-bond donors (Lipinski definition) is 2. The molecular weight excluding hydrogens is 346 g/mol. The highest BCUT2D eigenvalue weighted by molar-refractivity contribution is 7.13. The number of carbonyl (C=O) groups is 3. The summed E-state index contributed by atoms with van der Waals surface area (Å²) in [7, 11) is 0. The summed E-state index contributed by atoms with van der Waals surface area (Å²) in [6.07, 6.45) is 1.20. The smallest absolute Gasteiger partial charge is 0.309 e. The molecule has 0 aromatic carbocycles. The lowest BCUT2D eigenvalue weighted by molar-refractivity contribution is -0.136. The van der Waals surface area contributed by atoms with Crippen LogP contribution in [-0.4, -0.2) is 45.9 Å². The van der Waals surface area contributed by atoms with E-state index < -0.39 is 11.9 Å². The van der Waals surface area contributed by atoms with Crippen molar-refractivity contribution in [2.24, 2.45) is 5.92 Å². The maximum absolute atomic E-state index is 12.4. The number of nitrogens with one attached hydrogen (secondary N) is 1. The van der Waals surface area contributed by atoms with Gasteiger partial charge in [-0.1, -0.05) is 13.8 Å². The molecule has 0 aliphatic heterocycles. The fourth-order valence-electron chi connectivity index (χ4n) is 2.15. The molecule has 2 aromatic heterocycles. The van der Waals surface area contributed by atoms with Crippen LogP contribution in [0.5, 0.6) is 0 Å². The highest BCUT2D eigenvalue weighted by Crippen LogP contribution is 2.16. The molecule has 9 heteroatoms. The number of furan rings is 1. The number of rotatable bonds is 8. The summed E-state index contributed by atoms with van der Waals surface area (Å²) in [6.45, 7) is 4.14. The van der Waals surface area contributed by atoms with Gasteiger partial charge < -0.3 is 19.7 Å². The Hall–Kier alpha value is -2.68. The number of thiazole rings is 1. The maximum Gasteiger partial charge on any atom is 0.309 e. The summed E-state index contributed by atoms with van der Waals surface area (Å²) < 4.78 is 5.11. The highest BCUT2D eigenvalue weighted by Gasteiger charge is 2.22. The minimum atomic E-state index is -0.990. The van der Waals surface area contributed by atoms with Crippen LogP contribution >= 0.6 is 11.3 Å². The van der Waals surface area contributed by atoms with E-state index in [4.69, 9.17) is 9.52 Å². The van der Waals surface area contributed by atoms with E-state index in [1.165, 1.54) is 11.2 Å². The Labute approximate surface area is 148 Å². The van der Waals surface area contributed by atoms with Crippen LogP contribution < -0.4 is 5.32 Å². The summed E-state index contributed by atoms with van der Waals surface area (Å²) in [4.78, 5) is 40.8. The number of carbonyl (C=O) groups excluding carboxylic acids is 2. The first-order chi connectivity index (χ1) is 11.8. The van der Waals surface area contributed by atoms with Crippen LogP contribution in [0.15, 0.2) is 28.2 Å². The van der Waals surface area contributed by atoms with E-state index in [1.54, 1.807) is 17.5 Å². The summed E-state index contributed by atoms with van der Waals surface area (Å²) in [6, 6.07) is 3.16. The number of anilines is 1. The van der Waals surface area contributed by atoms with Crippen molar-refractivity contribution in [1.29, 1.82) is 0 Å². The van der Waals surface area contributed by atoms with Crippen molar-refractivity contribution < 1.29 is 23.9 Å². The van der Waals surface area contributed by atoms with Crippen LogP contribution in [0.2, 0.25) is 0 Å². The maximum atomic E-state index is 12.4. The Morgan fingerprint density at radius 1 is 1.40 bits per heavy atom. The van der Waals surface area contributed by atoms with E-state index in [1.807, 2.05) is 13.8 Å². The molecule has 2 rings (SSSR count). The highest BCUT2D eigenvalue weighted by atomic mass is 32.1. The monoisotopic (exact) mass is 365 g/mol. The molecule has 0 spiro atoms. The molecule has 0 fully saturated rings. The summed E-state index contributed by atoms with van der Waals surface area (Å²) in [5.41, 5.74) is 0.374. The first-order valence-corrected chi connectivity index (χ1v) is 8.52. The average molecular weight is 365 g/mol. The minimum Gasteiger partial charge on any atom is -0.481 e. The van der Waals surface area contributed by atoms with E-state index >= 15 is 0 Å². The van der Waals surface area contributed by atoms with Crippen molar-refractivity contribution in [3.63, 3.8) is 0 Å². The predicted molar refractivity (Wildman–Crippen MR) is 91.5 cm³/mol. The third-order valence-corrected chi connectivity index (χ3v) is 3.88. The van der Waals surface area contributed by atoms with Crippen LogP contribution in [0.25, 0.3) is 0 Å². The van der Waals surface area contributed by atoms with Crippen molar-refractivity contribution in [2.75, 3.05) is 18.4 Å². The number of aliphatic carboxylic acids is 1. The molecule has 0 unspecified atom stereocenters. The Morgan fingerprint density at radius 2 is 2.16 bits per heavy atom. The van der Waals surface area contributed by atoms with Gasteiger partial charge in [0, 0.05) is 11.9 Å². The van der Waals surface area contributed by atoms with E-state index in [0.717, 1.165) is 11.3 Å². The normalized spacial score (nSPS) is 10.7. The lowest BCUT2D eigenvalue weighted by Gasteiger charge is -2.22. The molecule has 2 aromatic rings. The van der Waals surface area contributed by atoms with Crippen LogP contribution in [0.1, 0.15) is 30.1 Å². The van der Waals surface area contributed by atoms with Crippen molar-refractivity contribution >= 4 is 34.3 Å². The van der Waals surface area contributed by atoms with Gasteiger partial charge in [-0.2, -0.15) is 0 Å². The zero-order valence-electron chi connectivity index (χ0n) is 13.9. The number of hydrogen-bond acceptors (Lipinski definition) is 6. The van der Waals surface area contributed by atoms with Gasteiger partial charge in [-0.25, -0.2) is 4.98 Å². The lowest BCUT2D eigenvalue weighted by atomic mass is 10.2. The number of amides is 2. The zero-order chi connectivity index (χ0) is 18.4. The second kappa shape index (κ2) is 8.43. The van der Waals surface area contributed by atoms with Crippen LogP contribution in [-0.2, 0) is 16.0 Å². The molecular formula is C16H19N3O5S. The van der Waals surface area contributed by atoms with E-state index in [-0.39, 0.29) is 30.6 Å². The molecule has 0 saturated heterocycles. The Kier molecular flexibility index (Phi) is 6.29. The fraction of sp³-hybridized carbons (Fsp3) is 0.375. The number of aromatic nitrogens is 1. The molecule has 2 N–H and O–H groups in total. The van der Waals surface area contributed by atoms with Crippen molar-refractivity contribution in [1.82, 2.24) is 9.88 Å². The summed E-state index contributed by atoms with van der Waals surface area (Å²) >= 11 is 1.14. The molecule has 0 aliphatic carbocycles. The predicted octanol–water partition coefficient (Wildman–Crippen LogP) is 2.10. The Balaban J connectivity index is 2.00. The minimum absolute atomic E-state index is 0.147. The van der Waals surface area contributed by atoms with Gasteiger partial charge in [-0.15, -0.1) is 11.3 Å². The largest absolute Gasteiger partial charge is 0.481 e. The topological polar surface area (TPSA) is 113 Å². The van der Waals surface area contributed by atoms with Crippen LogP contribution in [0.4, 0.5) is 5.13 Å². The summed E-state index contributed by atoms with van der Waals surface area (Å²) in [5.74, 6) is -1.41. The van der Waals surface area contributed by atoms with Gasteiger partial charge in [0.15, 0.2) is 10.9 Å². The zero-order valence-corrected chi connectivity index (χ0v) is 14.7. The Morgan fingerprint density at radius 3 is 2.76 bits per heavy atom. The average Bonchev–Trinajstić information content (AvgIpc) is 3.16. The third kappa shape index (κ3) is 5.71. The van der Waals surface area contributed by atoms with Gasteiger partial charge in [0.25, 0.3) is 5.91 Å². The quantitative estimate of drug-likeness (QED) is 0.741. The van der Waals surface area contributed by atoms with Crippen molar-refractivity contribution in [3.8, 4) is 0 Å². The molecule has 0 aliphatic rings. The summed E-state index contributed by atoms with van der Waals surface area (Å²) in [5, 5.41) is 13.2. The molecule has 134 valence electrons. The van der Waals surface area contributed by atoms with Crippen molar-refractivity contribution in [3.05, 3.63) is 35.2 Å². The van der Waals surface area contributed by atoms with E-state index in [2.05, 4.69) is 10.3 Å². The lowest BCUT2D eigenvalue weighted by Crippen LogP contribution is -2.40.